The summed E-state index contributed by atoms with van der Waals surface area (Å²) in [5.74, 6) is 0.401. The second-order valence-electron chi connectivity index (χ2n) is 6.92. The van der Waals surface area contributed by atoms with Crippen LogP contribution >= 0.6 is 11.8 Å². The Bertz CT molecular complexity index is 1170. The van der Waals surface area contributed by atoms with Gasteiger partial charge in [0.15, 0.2) is 0 Å². The number of hydrogen-bond acceptors (Lipinski definition) is 5. The van der Waals surface area contributed by atoms with Crippen LogP contribution in [-0.2, 0) is 6.54 Å². The molecule has 0 radical (unpaired) electrons. The quantitative estimate of drug-likeness (QED) is 0.492. The van der Waals surface area contributed by atoms with Crippen molar-refractivity contribution >= 4 is 23.5 Å². The van der Waals surface area contributed by atoms with Crippen molar-refractivity contribution in [2.45, 2.75) is 30.3 Å². The van der Waals surface area contributed by atoms with Gasteiger partial charge < -0.3 is 5.32 Å². The van der Waals surface area contributed by atoms with Crippen LogP contribution in [0.15, 0.2) is 83.2 Å². The van der Waals surface area contributed by atoms with Gasteiger partial charge in [-0.05, 0) is 49.2 Å². The van der Waals surface area contributed by atoms with Crippen molar-refractivity contribution < 1.29 is 4.79 Å². The van der Waals surface area contributed by atoms with Crippen LogP contribution in [0.3, 0.4) is 0 Å². The third-order valence-corrected chi connectivity index (χ3v) is 5.76. The molecular weight excluding hydrogens is 394 g/mol. The Morgan fingerprint density at radius 3 is 2.73 bits per heavy atom. The largest absolute Gasteiger partial charge is 0.307 e. The average molecular weight is 416 g/mol. The number of benzene rings is 1. The summed E-state index contributed by atoms with van der Waals surface area (Å²) in [5, 5.41) is 7.95. The molecule has 4 aromatic rings. The summed E-state index contributed by atoms with van der Waals surface area (Å²) in [6.45, 7) is 4.65. The van der Waals surface area contributed by atoms with Crippen LogP contribution in [0.4, 0.5) is 5.82 Å². The molecule has 0 spiro atoms. The Hall–Kier alpha value is -3.45. The lowest BCUT2D eigenvalue weighted by Crippen LogP contribution is -2.17. The normalized spacial score (nSPS) is 10.7. The van der Waals surface area contributed by atoms with E-state index >= 15 is 0 Å². The number of carbonyl (C=O) groups excluding carboxylic acids is 1. The van der Waals surface area contributed by atoms with Crippen molar-refractivity contribution in [3.63, 3.8) is 0 Å². The summed E-state index contributed by atoms with van der Waals surface area (Å²) in [6.07, 6.45) is 6.88. The minimum absolute atomic E-state index is 0.219. The highest BCUT2D eigenvalue weighted by molar-refractivity contribution is 7.99. The first-order valence-corrected chi connectivity index (χ1v) is 10.3. The van der Waals surface area contributed by atoms with E-state index in [-0.39, 0.29) is 5.91 Å². The van der Waals surface area contributed by atoms with Crippen LogP contribution in [0, 0.1) is 13.8 Å². The van der Waals surface area contributed by atoms with E-state index in [0.717, 1.165) is 16.0 Å². The second-order valence-corrected chi connectivity index (χ2v) is 7.95. The number of anilines is 1. The average Bonchev–Trinajstić information content (AvgIpc) is 3.17. The van der Waals surface area contributed by atoms with E-state index in [1.54, 1.807) is 47.7 Å². The summed E-state index contributed by atoms with van der Waals surface area (Å²) >= 11 is 1.49. The molecular formula is C23H21N5OS. The van der Waals surface area contributed by atoms with Crippen LogP contribution in [0.25, 0.3) is 0 Å². The number of carbonyl (C=O) groups is 1. The molecule has 0 aliphatic carbocycles. The summed E-state index contributed by atoms with van der Waals surface area (Å²) in [5.41, 5.74) is 3.89. The van der Waals surface area contributed by atoms with Gasteiger partial charge in [-0.1, -0.05) is 35.5 Å². The van der Waals surface area contributed by atoms with E-state index in [9.17, 15) is 4.79 Å². The molecule has 0 aliphatic rings. The highest BCUT2D eigenvalue weighted by Gasteiger charge is 2.16. The summed E-state index contributed by atoms with van der Waals surface area (Å²) < 4.78 is 1.74. The zero-order valence-electron chi connectivity index (χ0n) is 16.7. The number of amides is 1. The molecule has 7 heteroatoms. The lowest BCUT2D eigenvalue weighted by atomic mass is 10.2. The molecule has 0 fully saturated rings. The van der Waals surface area contributed by atoms with E-state index in [1.165, 1.54) is 17.3 Å². The Labute approximate surface area is 179 Å². The van der Waals surface area contributed by atoms with E-state index in [4.69, 9.17) is 0 Å². The summed E-state index contributed by atoms with van der Waals surface area (Å²) in [7, 11) is 0. The fourth-order valence-electron chi connectivity index (χ4n) is 3.08. The van der Waals surface area contributed by atoms with Gasteiger partial charge in [0, 0.05) is 29.6 Å². The van der Waals surface area contributed by atoms with Crippen molar-refractivity contribution in [3.05, 3.63) is 95.6 Å². The molecule has 0 unspecified atom stereocenters. The van der Waals surface area contributed by atoms with Gasteiger partial charge in [0.25, 0.3) is 5.91 Å². The number of hydrogen-bond donors (Lipinski definition) is 1. The molecule has 1 N–H and O–H groups in total. The van der Waals surface area contributed by atoms with Crippen LogP contribution < -0.4 is 5.32 Å². The molecule has 4 rings (SSSR count). The molecule has 6 nitrogen and oxygen atoms in total. The number of rotatable bonds is 6. The van der Waals surface area contributed by atoms with Gasteiger partial charge in [-0.15, -0.1) is 0 Å². The fraction of sp³-hybridized carbons (Fsp3) is 0.130. The minimum atomic E-state index is -0.219. The maximum absolute atomic E-state index is 13.0. The number of aryl methyl sites for hydroxylation is 2. The van der Waals surface area contributed by atoms with Gasteiger partial charge in [-0.3, -0.25) is 9.78 Å². The lowest BCUT2D eigenvalue weighted by molar-refractivity contribution is 0.102. The molecule has 0 atom stereocenters. The first-order valence-electron chi connectivity index (χ1n) is 9.52. The maximum atomic E-state index is 13.0. The fourth-order valence-corrected chi connectivity index (χ4v) is 4.02. The Morgan fingerprint density at radius 2 is 1.93 bits per heavy atom. The topological polar surface area (TPSA) is 72.7 Å². The number of nitrogens with one attached hydrogen (secondary N) is 1. The summed E-state index contributed by atoms with van der Waals surface area (Å²) in [6, 6.07) is 15.4. The van der Waals surface area contributed by atoms with Crippen LogP contribution in [-0.4, -0.2) is 25.7 Å². The Morgan fingerprint density at radius 1 is 1.07 bits per heavy atom. The predicted molar refractivity (Wildman–Crippen MR) is 118 cm³/mol. The highest BCUT2D eigenvalue weighted by atomic mass is 32.2. The first-order chi connectivity index (χ1) is 14.6. The third kappa shape index (κ3) is 4.58. The van der Waals surface area contributed by atoms with Crippen molar-refractivity contribution in [1.29, 1.82) is 0 Å². The second kappa shape index (κ2) is 8.92. The van der Waals surface area contributed by atoms with Crippen LogP contribution in [0.1, 0.15) is 27.0 Å². The number of pyridine rings is 2. The molecule has 0 bridgehead atoms. The molecule has 30 heavy (non-hydrogen) atoms. The standard InChI is InChI=1S/C23H21N5OS/c1-16-7-8-20(17(2)13-16)30-23-19(6-4-11-25-23)22(29)27-21-9-12-26-28(21)15-18-5-3-10-24-14-18/h3-14H,15H2,1-2H3,(H,27,29). The maximum Gasteiger partial charge on any atom is 0.259 e. The Kier molecular flexibility index (Phi) is 5.90. The number of nitrogens with zero attached hydrogens (tertiary/aromatic N) is 4. The van der Waals surface area contributed by atoms with Gasteiger partial charge in [0.2, 0.25) is 0 Å². The van der Waals surface area contributed by atoms with Gasteiger partial charge in [-0.25, -0.2) is 9.67 Å². The predicted octanol–water partition coefficient (Wildman–Crippen LogP) is 4.74. The van der Waals surface area contributed by atoms with Crippen molar-refractivity contribution in [2.75, 3.05) is 5.32 Å². The van der Waals surface area contributed by atoms with E-state index < -0.39 is 0 Å². The minimum Gasteiger partial charge on any atom is -0.307 e. The SMILES string of the molecule is Cc1ccc(Sc2ncccc2C(=O)Nc2ccnn2Cc2cccnc2)c(C)c1. The molecule has 3 aromatic heterocycles. The van der Waals surface area contributed by atoms with Crippen LogP contribution in [0.5, 0.6) is 0 Å². The molecule has 3 heterocycles. The van der Waals surface area contributed by atoms with Gasteiger partial charge >= 0.3 is 0 Å². The monoisotopic (exact) mass is 415 g/mol. The van der Waals surface area contributed by atoms with Crippen molar-refractivity contribution in [2.24, 2.45) is 0 Å². The lowest BCUT2D eigenvalue weighted by Gasteiger charge is -2.12. The van der Waals surface area contributed by atoms with Crippen molar-refractivity contribution in [1.82, 2.24) is 19.7 Å². The molecule has 150 valence electrons. The van der Waals surface area contributed by atoms with E-state index in [1.807, 2.05) is 12.1 Å². The van der Waals surface area contributed by atoms with Gasteiger partial charge in [0.1, 0.15) is 10.8 Å². The first kappa shape index (κ1) is 19.8. The number of aromatic nitrogens is 4. The van der Waals surface area contributed by atoms with Crippen molar-refractivity contribution in [3.8, 4) is 0 Å². The summed E-state index contributed by atoms with van der Waals surface area (Å²) in [4.78, 5) is 22.7. The molecule has 0 aliphatic heterocycles. The highest BCUT2D eigenvalue weighted by Crippen LogP contribution is 2.31. The molecule has 0 saturated heterocycles. The van der Waals surface area contributed by atoms with Gasteiger partial charge in [-0.2, -0.15) is 5.10 Å². The molecule has 1 aromatic carbocycles. The van der Waals surface area contributed by atoms with Crippen LogP contribution in [0.2, 0.25) is 0 Å². The molecule has 1 amide bonds. The Balaban J connectivity index is 1.55. The molecule has 0 saturated carbocycles. The van der Waals surface area contributed by atoms with E-state index in [0.29, 0.717) is 23.0 Å². The van der Waals surface area contributed by atoms with E-state index in [2.05, 4.69) is 52.4 Å². The third-order valence-electron chi connectivity index (χ3n) is 4.57. The zero-order valence-corrected chi connectivity index (χ0v) is 17.6. The van der Waals surface area contributed by atoms with Gasteiger partial charge in [0.05, 0.1) is 18.3 Å². The zero-order chi connectivity index (χ0) is 20.9. The smallest absolute Gasteiger partial charge is 0.259 e.